The van der Waals surface area contributed by atoms with Crippen LogP contribution in [-0.2, 0) is 14.4 Å². The van der Waals surface area contributed by atoms with Crippen LogP contribution in [0.25, 0.3) is 0 Å². The van der Waals surface area contributed by atoms with E-state index in [1.807, 2.05) is 0 Å². The average Bonchev–Trinajstić information content (AvgIpc) is 2.73. The molecule has 0 radical (unpaired) electrons. The summed E-state index contributed by atoms with van der Waals surface area (Å²) in [5, 5.41) is 2.63. The van der Waals surface area contributed by atoms with Crippen LogP contribution in [0, 0.1) is 11.3 Å². The first-order chi connectivity index (χ1) is 8.21. The molecule has 1 rings (SSSR count). The normalized spacial score (nSPS) is 19.8. The van der Waals surface area contributed by atoms with E-state index >= 15 is 0 Å². The maximum Gasteiger partial charge on any atom is 0.241 e. The lowest BCUT2D eigenvalue weighted by Crippen LogP contribution is -2.43. The van der Waals surface area contributed by atoms with Gasteiger partial charge in [0.25, 0.3) is 0 Å². The van der Waals surface area contributed by atoms with Crippen molar-refractivity contribution in [2.45, 2.75) is 34.1 Å². The Labute approximate surface area is 108 Å². The highest BCUT2D eigenvalue weighted by molar-refractivity contribution is 5.88. The summed E-state index contributed by atoms with van der Waals surface area (Å²) in [6.07, 6.45) is 0.730. The van der Waals surface area contributed by atoms with E-state index in [0.29, 0.717) is 13.1 Å². The maximum atomic E-state index is 11.8. The van der Waals surface area contributed by atoms with Crippen LogP contribution in [-0.4, -0.2) is 42.1 Å². The molecule has 0 bridgehead atoms. The third kappa shape index (κ3) is 3.82. The van der Waals surface area contributed by atoms with Crippen molar-refractivity contribution in [3.8, 4) is 0 Å². The van der Waals surface area contributed by atoms with Gasteiger partial charge >= 0.3 is 0 Å². The number of hydrogen-bond donors (Lipinski definition) is 1. The van der Waals surface area contributed by atoms with Gasteiger partial charge in [-0.25, -0.2) is 0 Å². The van der Waals surface area contributed by atoms with Crippen LogP contribution < -0.4 is 5.32 Å². The number of likely N-dealkylation sites (tertiary alicyclic amines) is 1. The Morgan fingerprint density at radius 2 is 1.89 bits per heavy atom. The second-order valence-corrected chi connectivity index (χ2v) is 5.87. The van der Waals surface area contributed by atoms with E-state index in [1.165, 1.54) is 0 Å². The van der Waals surface area contributed by atoms with E-state index in [4.69, 9.17) is 0 Å². The van der Waals surface area contributed by atoms with Crippen LogP contribution >= 0.6 is 0 Å². The largest absolute Gasteiger partial charge is 0.347 e. The smallest absolute Gasteiger partial charge is 0.241 e. The standard InChI is InChI=1S/C13H22N2O3/c1-9(16)10-5-6-15(8-10)11(17)7-14-12(18)13(2,3)4/h10H,5-8H2,1-4H3,(H,14,18). The van der Waals surface area contributed by atoms with Crippen LogP contribution in [0.2, 0.25) is 0 Å². The molecule has 0 aliphatic carbocycles. The van der Waals surface area contributed by atoms with Gasteiger partial charge in [0, 0.05) is 24.4 Å². The fourth-order valence-corrected chi connectivity index (χ4v) is 1.85. The van der Waals surface area contributed by atoms with Gasteiger partial charge in [-0.2, -0.15) is 0 Å². The molecule has 0 spiro atoms. The fourth-order valence-electron chi connectivity index (χ4n) is 1.85. The van der Waals surface area contributed by atoms with Crippen LogP contribution in [0.3, 0.4) is 0 Å². The molecule has 0 aromatic rings. The summed E-state index contributed by atoms with van der Waals surface area (Å²) in [7, 11) is 0. The molecule has 1 N–H and O–H groups in total. The second kappa shape index (κ2) is 5.50. The monoisotopic (exact) mass is 254 g/mol. The lowest BCUT2D eigenvalue weighted by Gasteiger charge is -2.20. The van der Waals surface area contributed by atoms with Gasteiger partial charge in [-0.05, 0) is 13.3 Å². The summed E-state index contributed by atoms with van der Waals surface area (Å²) >= 11 is 0. The first-order valence-corrected chi connectivity index (χ1v) is 6.28. The molecule has 102 valence electrons. The van der Waals surface area contributed by atoms with E-state index in [2.05, 4.69) is 5.32 Å². The zero-order valence-electron chi connectivity index (χ0n) is 11.6. The van der Waals surface area contributed by atoms with Crippen molar-refractivity contribution >= 4 is 17.6 Å². The molecule has 0 aromatic heterocycles. The summed E-state index contributed by atoms with van der Waals surface area (Å²) in [5.74, 6) is -0.161. The van der Waals surface area contributed by atoms with Gasteiger partial charge < -0.3 is 10.2 Å². The maximum absolute atomic E-state index is 11.8. The summed E-state index contributed by atoms with van der Waals surface area (Å²) in [4.78, 5) is 36.3. The number of nitrogens with one attached hydrogen (secondary N) is 1. The number of nitrogens with zero attached hydrogens (tertiary/aromatic N) is 1. The van der Waals surface area contributed by atoms with Gasteiger partial charge in [0.15, 0.2) is 0 Å². The van der Waals surface area contributed by atoms with Gasteiger partial charge in [-0.1, -0.05) is 20.8 Å². The highest BCUT2D eigenvalue weighted by atomic mass is 16.2. The third-order valence-corrected chi connectivity index (χ3v) is 3.20. The van der Waals surface area contributed by atoms with E-state index in [-0.39, 0.29) is 30.1 Å². The molecule has 5 heteroatoms. The Hall–Kier alpha value is -1.39. The predicted molar refractivity (Wildman–Crippen MR) is 67.8 cm³/mol. The molecule has 1 heterocycles. The van der Waals surface area contributed by atoms with E-state index in [1.54, 1.807) is 32.6 Å². The molecule has 1 aliphatic rings. The molecular weight excluding hydrogens is 232 g/mol. The minimum Gasteiger partial charge on any atom is -0.347 e. The van der Waals surface area contributed by atoms with E-state index < -0.39 is 5.41 Å². The summed E-state index contributed by atoms with van der Waals surface area (Å²) in [5.41, 5.74) is -0.493. The zero-order chi connectivity index (χ0) is 13.9. The first-order valence-electron chi connectivity index (χ1n) is 6.28. The molecule has 1 aliphatic heterocycles. The van der Waals surface area contributed by atoms with Crippen molar-refractivity contribution in [3.63, 3.8) is 0 Å². The van der Waals surface area contributed by atoms with Crippen LogP contribution in [0.15, 0.2) is 0 Å². The molecule has 0 saturated carbocycles. The van der Waals surface area contributed by atoms with Gasteiger partial charge in [0.2, 0.25) is 11.8 Å². The lowest BCUT2D eigenvalue weighted by molar-refractivity contribution is -0.134. The van der Waals surface area contributed by atoms with Crippen molar-refractivity contribution in [1.29, 1.82) is 0 Å². The molecule has 5 nitrogen and oxygen atoms in total. The van der Waals surface area contributed by atoms with Crippen molar-refractivity contribution in [3.05, 3.63) is 0 Å². The Bertz CT molecular complexity index is 358. The van der Waals surface area contributed by atoms with Crippen LogP contribution in [0.4, 0.5) is 0 Å². The Morgan fingerprint density at radius 3 is 2.33 bits per heavy atom. The summed E-state index contributed by atoms with van der Waals surface area (Å²) in [6.45, 7) is 8.06. The Morgan fingerprint density at radius 1 is 1.28 bits per heavy atom. The van der Waals surface area contributed by atoms with Gasteiger partial charge in [0.1, 0.15) is 5.78 Å². The number of carbonyl (C=O) groups is 3. The van der Waals surface area contributed by atoms with Crippen molar-refractivity contribution in [2.75, 3.05) is 19.6 Å². The molecule has 18 heavy (non-hydrogen) atoms. The minimum atomic E-state index is -0.493. The summed E-state index contributed by atoms with van der Waals surface area (Å²) < 4.78 is 0. The van der Waals surface area contributed by atoms with E-state index in [0.717, 1.165) is 6.42 Å². The zero-order valence-corrected chi connectivity index (χ0v) is 11.6. The number of ketones is 1. The highest BCUT2D eigenvalue weighted by Gasteiger charge is 2.29. The fraction of sp³-hybridized carbons (Fsp3) is 0.769. The molecule has 2 amide bonds. The molecule has 0 aromatic carbocycles. The first kappa shape index (κ1) is 14.7. The summed E-state index contributed by atoms with van der Waals surface area (Å²) in [6, 6.07) is 0. The Kier molecular flexibility index (Phi) is 4.48. The number of rotatable bonds is 3. The third-order valence-electron chi connectivity index (χ3n) is 3.20. The second-order valence-electron chi connectivity index (χ2n) is 5.87. The van der Waals surface area contributed by atoms with Gasteiger partial charge in [-0.3, -0.25) is 14.4 Å². The number of hydrogen-bond acceptors (Lipinski definition) is 3. The van der Waals surface area contributed by atoms with E-state index in [9.17, 15) is 14.4 Å². The van der Waals surface area contributed by atoms with Gasteiger partial charge in [0.05, 0.1) is 6.54 Å². The molecular formula is C13H22N2O3. The van der Waals surface area contributed by atoms with Crippen molar-refractivity contribution < 1.29 is 14.4 Å². The molecule has 1 fully saturated rings. The SMILES string of the molecule is CC(=O)C1CCN(C(=O)CNC(=O)C(C)(C)C)C1. The molecule has 1 unspecified atom stereocenters. The topological polar surface area (TPSA) is 66.5 Å². The number of carbonyl (C=O) groups excluding carboxylic acids is 3. The average molecular weight is 254 g/mol. The predicted octanol–water partition coefficient (Wildman–Crippen LogP) is 0.586. The number of Topliss-reactive ketones (excluding diaryl/α,β-unsaturated/α-hetero) is 1. The molecule has 1 saturated heterocycles. The van der Waals surface area contributed by atoms with Crippen molar-refractivity contribution in [2.24, 2.45) is 11.3 Å². The van der Waals surface area contributed by atoms with Gasteiger partial charge in [-0.15, -0.1) is 0 Å². The lowest BCUT2D eigenvalue weighted by atomic mass is 9.96. The molecule has 1 atom stereocenters. The Balaban J connectivity index is 2.39. The number of amides is 2. The minimum absolute atomic E-state index is 0.0146. The van der Waals surface area contributed by atoms with Crippen LogP contribution in [0.1, 0.15) is 34.1 Å². The highest BCUT2D eigenvalue weighted by Crippen LogP contribution is 2.17. The van der Waals surface area contributed by atoms with Crippen molar-refractivity contribution in [1.82, 2.24) is 10.2 Å². The quantitative estimate of drug-likeness (QED) is 0.801. The van der Waals surface area contributed by atoms with Crippen LogP contribution in [0.5, 0.6) is 0 Å².